The Morgan fingerprint density at radius 2 is 2.05 bits per heavy atom. The Balaban J connectivity index is 2.39. The molecule has 2 atom stereocenters. The maximum absolute atomic E-state index is 3.77. The molecule has 2 rings (SSSR count). The zero-order valence-corrected chi connectivity index (χ0v) is 14.0. The predicted octanol–water partition coefficient (Wildman–Crippen LogP) is 3.91. The normalized spacial score (nSPS) is 27.1. The van der Waals surface area contributed by atoms with Crippen LogP contribution in [-0.4, -0.2) is 24.7 Å². The first-order valence-electron chi connectivity index (χ1n) is 7.95. The molecule has 1 aliphatic rings. The van der Waals surface area contributed by atoms with Crippen molar-refractivity contribution >= 4 is 5.69 Å². The van der Waals surface area contributed by atoms with E-state index >= 15 is 0 Å². The van der Waals surface area contributed by atoms with Crippen molar-refractivity contribution < 1.29 is 0 Å². The second kappa shape index (κ2) is 5.77. The van der Waals surface area contributed by atoms with Crippen LogP contribution in [0.2, 0.25) is 0 Å². The van der Waals surface area contributed by atoms with E-state index in [1.165, 1.54) is 23.2 Å². The maximum Gasteiger partial charge on any atom is 0.0438 e. The van der Waals surface area contributed by atoms with E-state index in [-0.39, 0.29) is 5.54 Å². The van der Waals surface area contributed by atoms with E-state index in [9.17, 15) is 0 Å². The Kier molecular flexibility index (Phi) is 4.43. The lowest BCUT2D eigenvalue weighted by atomic mass is 9.89. The minimum atomic E-state index is 0.224. The molecule has 1 heterocycles. The van der Waals surface area contributed by atoms with Gasteiger partial charge in [-0.2, -0.15) is 0 Å². The highest BCUT2D eigenvalue weighted by molar-refractivity contribution is 5.56. The summed E-state index contributed by atoms with van der Waals surface area (Å²) in [6.07, 6.45) is 1.17. The number of piperazine rings is 1. The van der Waals surface area contributed by atoms with E-state index in [1.807, 2.05) is 0 Å². The van der Waals surface area contributed by atoms with Gasteiger partial charge in [0.1, 0.15) is 0 Å². The minimum Gasteiger partial charge on any atom is -0.365 e. The molecule has 0 aliphatic carbocycles. The van der Waals surface area contributed by atoms with E-state index in [4.69, 9.17) is 0 Å². The average Bonchev–Trinajstić information content (AvgIpc) is 2.41. The van der Waals surface area contributed by atoms with Crippen LogP contribution in [-0.2, 0) is 0 Å². The first-order chi connectivity index (χ1) is 9.36. The average molecular weight is 274 g/mol. The van der Waals surface area contributed by atoms with Gasteiger partial charge in [0.2, 0.25) is 0 Å². The molecule has 1 N–H and O–H groups in total. The summed E-state index contributed by atoms with van der Waals surface area (Å²) in [6, 6.07) is 7.40. The molecule has 0 bridgehead atoms. The Labute approximate surface area is 124 Å². The van der Waals surface area contributed by atoms with Crippen molar-refractivity contribution in [3.8, 4) is 0 Å². The number of rotatable bonds is 3. The van der Waals surface area contributed by atoms with Crippen molar-refractivity contribution in [2.45, 2.75) is 59.5 Å². The summed E-state index contributed by atoms with van der Waals surface area (Å²) in [7, 11) is 0. The largest absolute Gasteiger partial charge is 0.365 e. The number of hydrogen-bond donors (Lipinski definition) is 1. The monoisotopic (exact) mass is 274 g/mol. The molecular formula is C18H30N2. The molecule has 112 valence electrons. The highest BCUT2D eigenvalue weighted by Gasteiger charge is 2.36. The van der Waals surface area contributed by atoms with E-state index in [2.05, 4.69) is 70.0 Å². The molecule has 20 heavy (non-hydrogen) atoms. The molecule has 0 saturated carbocycles. The molecule has 0 aromatic heterocycles. The lowest BCUT2D eigenvalue weighted by Crippen LogP contribution is -2.64. The Morgan fingerprint density at radius 1 is 1.35 bits per heavy atom. The summed E-state index contributed by atoms with van der Waals surface area (Å²) in [6.45, 7) is 15.9. The van der Waals surface area contributed by atoms with E-state index in [0.717, 1.165) is 13.1 Å². The molecular weight excluding hydrogens is 244 g/mol. The number of aryl methyl sites for hydroxylation is 2. The van der Waals surface area contributed by atoms with Crippen molar-refractivity contribution in [3.05, 3.63) is 29.3 Å². The third kappa shape index (κ3) is 3.01. The summed E-state index contributed by atoms with van der Waals surface area (Å²) in [5, 5.41) is 3.77. The van der Waals surface area contributed by atoms with Crippen LogP contribution in [0.5, 0.6) is 0 Å². The summed E-state index contributed by atoms with van der Waals surface area (Å²) in [5.41, 5.74) is 4.39. The van der Waals surface area contributed by atoms with Gasteiger partial charge in [-0.25, -0.2) is 0 Å². The third-order valence-electron chi connectivity index (χ3n) is 4.88. The molecule has 1 saturated heterocycles. The Hall–Kier alpha value is -1.02. The number of nitrogens with zero attached hydrogens (tertiary/aromatic N) is 1. The van der Waals surface area contributed by atoms with Crippen molar-refractivity contribution in [3.63, 3.8) is 0 Å². The third-order valence-corrected chi connectivity index (χ3v) is 4.88. The van der Waals surface area contributed by atoms with Crippen molar-refractivity contribution in [1.82, 2.24) is 5.32 Å². The van der Waals surface area contributed by atoms with Crippen molar-refractivity contribution in [1.29, 1.82) is 0 Å². The molecule has 2 nitrogen and oxygen atoms in total. The minimum absolute atomic E-state index is 0.224. The maximum atomic E-state index is 3.77. The SMILES string of the molecule is CCC1(C)CN(c2cc(C)ccc2C)C(C(C)C)CN1. The molecule has 0 amide bonds. The molecule has 0 radical (unpaired) electrons. The zero-order valence-electron chi connectivity index (χ0n) is 14.0. The molecule has 2 heteroatoms. The van der Waals surface area contributed by atoms with E-state index in [1.54, 1.807) is 0 Å². The second-order valence-electron chi connectivity index (χ2n) is 7.02. The van der Waals surface area contributed by atoms with Crippen LogP contribution < -0.4 is 10.2 Å². The van der Waals surface area contributed by atoms with Gasteiger partial charge < -0.3 is 10.2 Å². The van der Waals surface area contributed by atoms with Gasteiger partial charge >= 0.3 is 0 Å². The fourth-order valence-corrected chi connectivity index (χ4v) is 3.14. The second-order valence-corrected chi connectivity index (χ2v) is 7.02. The summed E-state index contributed by atoms with van der Waals surface area (Å²) in [5.74, 6) is 0.656. The van der Waals surface area contributed by atoms with Gasteiger partial charge in [-0.3, -0.25) is 0 Å². The number of anilines is 1. The smallest absolute Gasteiger partial charge is 0.0438 e. The molecule has 0 spiro atoms. The first kappa shape index (κ1) is 15.4. The van der Waals surface area contributed by atoms with E-state index in [0.29, 0.717) is 12.0 Å². The molecule has 2 unspecified atom stereocenters. The molecule has 1 aromatic carbocycles. The highest BCUT2D eigenvalue weighted by Crippen LogP contribution is 2.31. The van der Waals surface area contributed by atoms with Gasteiger partial charge in [-0.1, -0.05) is 32.9 Å². The topological polar surface area (TPSA) is 15.3 Å². The van der Waals surface area contributed by atoms with Gasteiger partial charge in [0.05, 0.1) is 0 Å². The highest BCUT2D eigenvalue weighted by atomic mass is 15.3. The zero-order chi connectivity index (χ0) is 14.9. The van der Waals surface area contributed by atoms with Crippen LogP contribution in [0.3, 0.4) is 0 Å². The van der Waals surface area contributed by atoms with Crippen LogP contribution in [0.1, 0.15) is 45.2 Å². The van der Waals surface area contributed by atoms with E-state index < -0.39 is 0 Å². The van der Waals surface area contributed by atoms with Gasteiger partial charge in [0, 0.05) is 30.4 Å². The summed E-state index contributed by atoms with van der Waals surface area (Å²) < 4.78 is 0. The lowest BCUT2D eigenvalue weighted by Gasteiger charge is -2.49. The number of hydrogen-bond acceptors (Lipinski definition) is 2. The van der Waals surface area contributed by atoms with Crippen molar-refractivity contribution in [2.75, 3.05) is 18.0 Å². The molecule has 1 fully saturated rings. The van der Waals surface area contributed by atoms with Crippen molar-refractivity contribution in [2.24, 2.45) is 5.92 Å². The fourth-order valence-electron chi connectivity index (χ4n) is 3.14. The van der Waals surface area contributed by atoms with Gasteiger partial charge in [-0.15, -0.1) is 0 Å². The van der Waals surface area contributed by atoms with Crippen LogP contribution >= 0.6 is 0 Å². The molecule has 1 aromatic rings. The quantitative estimate of drug-likeness (QED) is 0.899. The van der Waals surface area contributed by atoms with Crippen LogP contribution in [0.4, 0.5) is 5.69 Å². The van der Waals surface area contributed by atoms with Crippen LogP contribution in [0.25, 0.3) is 0 Å². The lowest BCUT2D eigenvalue weighted by molar-refractivity contribution is 0.253. The fraction of sp³-hybridized carbons (Fsp3) is 0.667. The summed E-state index contributed by atoms with van der Waals surface area (Å²) >= 11 is 0. The Bertz CT molecular complexity index is 466. The number of benzene rings is 1. The first-order valence-corrected chi connectivity index (χ1v) is 7.95. The predicted molar refractivity (Wildman–Crippen MR) is 88.6 cm³/mol. The Morgan fingerprint density at radius 3 is 2.65 bits per heavy atom. The number of nitrogens with one attached hydrogen (secondary N) is 1. The van der Waals surface area contributed by atoms with Crippen LogP contribution in [0.15, 0.2) is 18.2 Å². The van der Waals surface area contributed by atoms with Crippen LogP contribution in [0, 0.1) is 19.8 Å². The van der Waals surface area contributed by atoms with Gasteiger partial charge in [-0.05, 0) is 50.3 Å². The molecule has 1 aliphatic heterocycles. The van der Waals surface area contributed by atoms with Gasteiger partial charge in [0.15, 0.2) is 0 Å². The van der Waals surface area contributed by atoms with Gasteiger partial charge in [0.25, 0.3) is 0 Å². The summed E-state index contributed by atoms with van der Waals surface area (Å²) in [4.78, 5) is 2.65. The standard InChI is InChI=1S/C18H30N2/c1-7-18(6)12-20(17(11-19-18)13(2)3)16-10-14(4)8-9-15(16)5/h8-10,13,17,19H,7,11-12H2,1-6H3.